The lowest BCUT2D eigenvalue weighted by molar-refractivity contribution is 0.880. The van der Waals surface area contributed by atoms with Crippen LogP contribution in [0.3, 0.4) is 0 Å². The van der Waals surface area contributed by atoms with Gasteiger partial charge in [-0.25, -0.2) is 0 Å². The zero-order valence-corrected chi connectivity index (χ0v) is 6.41. The molecular formula is C5H16Si2. The molecular weight excluding hydrogens is 116 g/mol. The molecule has 0 unspecified atom stereocenters. The van der Waals surface area contributed by atoms with Gasteiger partial charge in [0.25, 0.3) is 0 Å². The maximum atomic E-state index is 1.55. The Morgan fingerprint density at radius 2 is 1.57 bits per heavy atom. The highest BCUT2D eigenvalue weighted by Crippen LogP contribution is 2.26. The minimum absolute atomic E-state index is 0. The maximum absolute atomic E-state index is 1.55. The lowest BCUT2D eigenvalue weighted by atomic mass is 10.4. The molecule has 2 heteroatoms. The zero-order valence-electron chi connectivity index (χ0n) is 4.41. The van der Waals surface area contributed by atoms with Crippen LogP contribution in [0, 0.1) is 0 Å². The monoisotopic (exact) mass is 132 g/mol. The van der Waals surface area contributed by atoms with Crippen LogP contribution in [0.2, 0.25) is 5.54 Å². The van der Waals surface area contributed by atoms with Gasteiger partial charge < -0.3 is 0 Å². The molecule has 44 valence electrons. The van der Waals surface area contributed by atoms with Gasteiger partial charge in [0, 0.05) is 10.2 Å². The Morgan fingerprint density at radius 3 is 1.71 bits per heavy atom. The molecule has 0 aromatic carbocycles. The summed E-state index contributed by atoms with van der Waals surface area (Å²) in [6, 6.07) is 0. The van der Waals surface area contributed by atoms with Gasteiger partial charge in [0.2, 0.25) is 0 Å². The molecule has 0 aromatic heterocycles. The van der Waals surface area contributed by atoms with Crippen LogP contribution in [-0.2, 0) is 0 Å². The highest BCUT2D eigenvalue weighted by atomic mass is 28.1. The molecule has 0 heterocycles. The normalized spacial score (nSPS) is 22.3. The third-order valence-electron chi connectivity index (χ3n) is 1.64. The van der Waals surface area contributed by atoms with Gasteiger partial charge >= 0.3 is 0 Å². The lowest BCUT2D eigenvalue weighted by Crippen LogP contribution is -1.77. The first-order valence-electron chi connectivity index (χ1n) is 2.89. The highest BCUT2D eigenvalue weighted by molar-refractivity contribution is 6.11. The van der Waals surface area contributed by atoms with Gasteiger partial charge in [-0.15, -0.1) is 0 Å². The Balaban J connectivity index is 0.000000360. The number of hydrogen-bond acceptors (Lipinski definition) is 0. The summed E-state index contributed by atoms with van der Waals surface area (Å²) in [7, 11) is 1.45. The van der Waals surface area contributed by atoms with Crippen molar-refractivity contribution in [2.45, 2.75) is 31.2 Å². The lowest BCUT2D eigenvalue weighted by Gasteiger charge is -1.91. The van der Waals surface area contributed by atoms with E-state index in [1.165, 1.54) is 28.6 Å². The second kappa shape index (κ2) is 3.44. The molecule has 0 nitrogen and oxygen atoms in total. The molecule has 0 spiro atoms. The van der Waals surface area contributed by atoms with Gasteiger partial charge in [-0.2, -0.15) is 0 Å². The van der Waals surface area contributed by atoms with E-state index < -0.39 is 0 Å². The summed E-state index contributed by atoms with van der Waals surface area (Å²) in [6.45, 7) is 0. The van der Waals surface area contributed by atoms with Crippen molar-refractivity contribution >= 4 is 21.2 Å². The van der Waals surface area contributed by atoms with Crippen LogP contribution in [0.5, 0.6) is 0 Å². The summed E-state index contributed by atoms with van der Waals surface area (Å²) in [5.41, 5.74) is 1.19. The van der Waals surface area contributed by atoms with Gasteiger partial charge in [0.15, 0.2) is 0 Å². The largest absolute Gasteiger partial charge is 0.0546 e. The topological polar surface area (TPSA) is 0 Å². The fourth-order valence-electron chi connectivity index (χ4n) is 1.13. The highest BCUT2D eigenvalue weighted by Gasteiger charge is 2.07. The van der Waals surface area contributed by atoms with Crippen LogP contribution < -0.4 is 0 Å². The molecule has 1 rings (SSSR count). The van der Waals surface area contributed by atoms with E-state index in [2.05, 4.69) is 0 Å². The molecule has 0 atom stereocenters. The van der Waals surface area contributed by atoms with Crippen LogP contribution in [0.1, 0.15) is 25.7 Å². The minimum atomic E-state index is 0. The third kappa shape index (κ3) is 2.29. The fourth-order valence-corrected chi connectivity index (χ4v) is 1.95. The average molecular weight is 132 g/mol. The second-order valence-electron chi connectivity index (χ2n) is 2.39. The van der Waals surface area contributed by atoms with Crippen molar-refractivity contribution < 1.29 is 0 Å². The van der Waals surface area contributed by atoms with Gasteiger partial charge in [-0.05, 0) is 11.0 Å². The van der Waals surface area contributed by atoms with Crippen molar-refractivity contribution in [3.63, 3.8) is 0 Å². The molecule has 0 radical (unpaired) electrons. The average Bonchev–Trinajstić information content (AvgIpc) is 1.86. The summed E-state index contributed by atoms with van der Waals surface area (Å²) >= 11 is 0. The van der Waals surface area contributed by atoms with E-state index in [0.717, 1.165) is 0 Å². The number of hydrogen-bond donors (Lipinski definition) is 0. The van der Waals surface area contributed by atoms with E-state index in [1.54, 1.807) is 12.8 Å². The van der Waals surface area contributed by atoms with Crippen LogP contribution >= 0.6 is 0 Å². The van der Waals surface area contributed by atoms with E-state index in [1.807, 2.05) is 0 Å². The van der Waals surface area contributed by atoms with Gasteiger partial charge in [0.1, 0.15) is 0 Å². The van der Waals surface area contributed by atoms with Crippen molar-refractivity contribution in [1.82, 2.24) is 0 Å². The summed E-state index contributed by atoms with van der Waals surface area (Å²) in [5, 5.41) is 0. The Bertz CT molecular complexity index is 39.3. The predicted molar refractivity (Wildman–Crippen MR) is 43.5 cm³/mol. The maximum Gasteiger partial charge on any atom is 0.00672 e. The molecule has 0 saturated heterocycles. The molecule has 0 aliphatic heterocycles. The molecule has 0 amide bonds. The van der Waals surface area contributed by atoms with Crippen molar-refractivity contribution in [2.75, 3.05) is 0 Å². The molecule has 1 aliphatic carbocycles. The van der Waals surface area contributed by atoms with E-state index in [4.69, 9.17) is 0 Å². The minimum Gasteiger partial charge on any atom is -0.0546 e. The standard InChI is InChI=1S/C5H12Si.H4Si/c6-5-3-1-2-4-5;/h5H,1-4H2,6H3;1H4. The second-order valence-corrected chi connectivity index (χ2v) is 4.02. The third-order valence-corrected chi connectivity index (χ3v) is 2.80. The van der Waals surface area contributed by atoms with Crippen LogP contribution in [0.15, 0.2) is 0 Å². The van der Waals surface area contributed by atoms with E-state index >= 15 is 0 Å². The Kier molecular flexibility index (Phi) is 3.65. The van der Waals surface area contributed by atoms with Crippen LogP contribution in [-0.4, -0.2) is 21.2 Å². The molecule has 0 N–H and O–H groups in total. The van der Waals surface area contributed by atoms with Crippen molar-refractivity contribution in [2.24, 2.45) is 0 Å². The van der Waals surface area contributed by atoms with E-state index in [9.17, 15) is 0 Å². The van der Waals surface area contributed by atoms with Crippen molar-refractivity contribution in [1.29, 1.82) is 0 Å². The Morgan fingerprint density at radius 1 is 1.14 bits per heavy atom. The summed E-state index contributed by atoms with van der Waals surface area (Å²) in [5.74, 6) is 0. The summed E-state index contributed by atoms with van der Waals surface area (Å²) in [4.78, 5) is 0. The first kappa shape index (κ1) is 7.43. The molecule has 7 heavy (non-hydrogen) atoms. The Labute approximate surface area is 53.1 Å². The predicted octanol–water partition coefficient (Wildman–Crippen LogP) is -0.737. The fraction of sp³-hybridized carbons (Fsp3) is 1.00. The Hall–Kier alpha value is 0.434. The zero-order chi connectivity index (χ0) is 4.41. The van der Waals surface area contributed by atoms with Gasteiger partial charge in [0.05, 0.1) is 0 Å². The van der Waals surface area contributed by atoms with Crippen molar-refractivity contribution in [3.05, 3.63) is 0 Å². The SMILES string of the molecule is [SiH3]C1CCCC1.[SiH4]. The van der Waals surface area contributed by atoms with E-state index in [-0.39, 0.29) is 11.0 Å². The van der Waals surface area contributed by atoms with Crippen LogP contribution in [0.25, 0.3) is 0 Å². The molecule has 1 saturated carbocycles. The van der Waals surface area contributed by atoms with Crippen LogP contribution in [0.4, 0.5) is 0 Å². The molecule has 0 aromatic rings. The molecule has 0 bridgehead atoms. The smallest absolute Gasteiger partial charge is 0.00672 e. The summed E-state index contributed by atoms with van der Waals surface area (Å²) in [6.07, 6.45) is 6.14. The quantitative estimate of drug-likeness (QED) is 0.381. The molecule has 1 aliphatic rings. The first-order chi connectivity index (χ1) is 2.89. The van der Waals surface area contributed by atoms with E-state index in [0.29, 0.717) is 0 Å². The first-order valence-corrected chi connectivity index (χ1v) is 4.05. The molecule has 1 fully saturated rings. The van der Waals surface area contributed by atoms with Gasteiger partial charge in [-0.3, -0.25) is 0 Å². The van der Waals surface area contributed by atoms with Gasteiger partial charge in [-0.1, -0.05) is 31.2 Å². The number of rotatable bonds is 0. The van der Waals surface area contributed by atoms with Crippen molar-refractivity contribution in [3.8, 4) is 0 Å². The summed E-state index contributed by atoms with van der Waals surface area (Å²) < 4.78 is 0.